The third-order valence-corrected chi connectivity index (χ3v) is 3.87. The Bertz CT molecular complexity index is 733. The first kappa shape index (κ1) is 13.3. The molecule has 0 saturated heterocycles. The summed E-state index contributed by atoms with van der Waals surface area (Å²) in [7, 11) is 0. The molecule has 100 valence electrons. The van der Waals surface area contributed by atoms with Crippen LogP contribution in [0.4, 0.5) is 0 Å². The molecule has 0 fully saturated rings. The molecular weight excluding hydrogens is 319 g/mol. The molecule has 0 aliphatic carbocycles. The van der Waals surface area contributed by atoms with E-state index in [0.717, 1.165) is 5.69 Å². The molecule has 6 nitrogen and oxygen atoms in total. The van der Waals surface area contributed by atoms with E-state index in [4.69, 9.17) is 23.2 Å². The summed E-state index contributed by atoms with van der Waals surface area (Å²) in [6, 6.07) is 11.2. The van der Waals surface area contributed by atoms with Gasteiger partial charge in [-0.25, -0.2) is 0 Å². The van der Waals surface area contributed by atoms with Gasteiger partial charge < -0.3 is 0 Å². The van der Waals surface area contributed by atoms with E-state index in [1.807, 2.05) is 30.3 Å². The highest BCUT2D eigenvalue weighted by Crippen LogP contribution is 2.32. The summed E-state index contributed by atoms with van der Waals surface area (Å²) in [6.07, 6.45) is 0. The van der Waals surface area contributed by atoms with E-state index in [-0.39, 0.29) is 10.3 Å². The van der Waals surface area contributed by atoms with Gasteiger partial charge in [0.25, 0.3) is 0 Å². The Morgan fingerprint density at radius 3 is 2.60 bits per heavy atom. The summed E-state index contributed by atoms with van der Waals surface area (Å²) in [5, 5.41) is 20.1. The van der Waals surface area contributed by atoms with Gasteiger partial charge in [-0.15, -0.1) is 15.3 Å². The highest BCUT2D eigenvalue weighted by molar-refractivity contribution is 7.99. The molecule has 0 radical (unpaired) electrons. The van der Waals surface area contributed by atoms with Crippen molar-refractivity contribution in [2.75, 3.05) is 0 Å². The minimum atomic E-state index is 0.252. The maximum absolute atomic E-state index is 5.98. The number of halogens is 2. The van der Waals surface area contributed by atoms with Crippen molar-refractivity contribution < 1.29 is 0 Å². The topological polar surface area (TPSA) is 69.4 Å². The average molecular weight is 325 g/mol. The van der Waals surface area contributed by atoms with E-state index >= 15 is 0 Å². The Hall–Kier alpha value is -1.70. The fraction of sp³-hybridized carbons (Fsp3) is 0. The van der Waals surface area contributed by atoms with Crippen LogP contribution in [0.1, 0.15) is 0 Å². The molecule has 9 heteroatoms. The monoisotopic (exact) mass is 324 g/mol. The molecule has 0 N–H and O–H groups in total. The van der Waals surface area contributed by atoms with Crippen LogP contribution in [0.3, 0.4) is 0 Å². The smallest absolute Gasteiger partial charge is 0.187 e. The van der Waals surface area contributed by atoms with E-state index in [1.54, 1.807) is 10.7 Å². The Kier molecular flexibility index (Phi) is 3.81. The van der Waals surface area contributed by atoms with Crippen LogP contribution < -0.4 is 0 Å². The average Bonchev–Trinajstić information content (AvgIpc) is 2.92. The standard InChI is InChI=1S/C11H6Cl2N6S/c12-9-6-8(10(13)15-14-9)20-11-16-17-18-19(11)7-4-2-1-3-5-7/h1-6H. The van der Waals surface area contributed by atoms with Crippen LogP contribution in [0.15, 0.2) is 46.5 Å². The van der Waals surface area contributed by atoms with Crippen LogP contribution in [0.5, 0.6) is 0 Å². The molecule has 3 rings (SSSR count). The Balaban J connectivity index is 1.97. The first-order valence-electron chi connectivity index (χ1n) is 5.44. The van der Waals surface area contributed by atoms with E-state index < -0.39 is 0 Å². The normalized spacial score (nSPS) is 10.7. The van der Waals surface area contributed by atoms with Crippen molar-refractivity contribution in [3.8, 4) is 5.69 Å². The van der Waals surface area contributed by atoms with Gasteiger partial charge in [0.05, 0.1) is 10.6 Å². The lowest BCUT2D eigenvalue weighted by Gasteiger charge is -2.04. The molecule has 2 aromatic heterocycles. The highest BCUT2D eigenvalue weighted by Gasteiger charge is 2.13. The molecule has 20 heavy (non-hydrogen) atoms. The molecule has 0 atom stereocenters. The molecule has 0 bridgehead atoms. The first-order valence-corrected chi connectivity index (χ1v) is 7.01. The number of benzene rings is 1. The summed E-state index contributed by atoms with van der Waals surface area (Å²) in [5.41, 5.74) is 0.851. The van der Waals surface area contributed by atoms with Crippen molar-refractivity contribution in [2.45, 2.75) is 10.1 Å². The van der Waals surface area contributed by atoms with E-state index in [2.05, 4.69) is 25.7 Å². The number of para-hydroxylation sites is 1. The van der Waals surface area contributed by atoms with Crippen molar-refractivity contribution in [3.05, 3.63) is 46.7 Å². The van der Waals surface area contributed by atoms with Crippen molar-refractivity contribution in [1.82, 2.24) is 30.4 Å². The van der Waals surface area contributed by atoms with Crippen LogP contribution in [0, 0.1) is 0 Å². The van der Waals surface area contributed by atoms with Gasteiger partial charge in [0.15, 0.2) is 10.3 Å². The van der Waals surface area contributed by atoms with E-state index in [9.17, 15) is 0 Å². The molecular formula is C11H6Cl2N6S. The van der Waals surface area contributed by atoms with Crippen molar-refractivity contribution in [3.63, 3.8) is 0 Å². The van der Waals surface area contributed by atoms with Crippen LogP contribution in [-0.4, -0.2) is 30.4 Å². The number of tetrazole rings is 1. The van der Waals surface area contributed by atoms with Crippen LogP contribution >= 0.6 is 35.0 Å². The predicted octanol–water partition coefficient (Wildman–Crippen LogP) is 2.91. The zero-order chi connectivity index (χ0) is 13.9. The van der Waals surface area contributed by atoms with Crippen molar-refractivity contribution >= 4 is 35.0 Å². The first-order chi connectivity index (χ1) is 9.74. The van der Waals surface area contributed by atoms with E-state index in [0.29, 0.717) is 10.1 Å². The van der Waals surface area contributed by atoms with Crippen molar-refractivity contribution in [2.24, 2.45) is 0 Å². The quantitative estimate of drug-likeness (QED) is 0.737. The van der Waals surface area contributed by atoms with Crippen molar-refractivity contribution in [1.29, 1.82) is 0 Å². The maximum atomic E-state index is 5.98. The minimum absolute atomic E-state index is 0.252. The maximum Gasteiger partial charge on any atom is 0.219 e. The molecule has 2 heterocycles. The summed E-state index contributed by atoms with van der Waals surface area (Å²) in [4.78, 5) is 0.638. The number of nitrogens with zero attached hydrogens (tertiary/aromatic N) is 6. The largest absolute Gasteiger partial charge is 0.219 e. The lowest BCUT2D eigenvalue weighted by atomic mass is 10.3. The summed E-state index contributed by atoms with van der Waals surface area (Å²) < 4.78 is 1.61. The third kappa shape index (κ3) is 2.74. The number of hydrogen-bond acceptors (Lipinski definition) is 6. The Labute approximate surface area is 128 Å². The molecule has 0 spiro atoms. The summed E-state index contributed by atoms with van der Waals surface area (Å²) >= 11 is 13.1. The third-order valence-electron chi connectivity index (χ3n) is 2.33. The zero-order valence-electron chi connectivity index (χ0n) is 9.81. The summed E-state index contributed by atoms with van der Waals surface area (Å²) in [6.45, 7) is 0. The molecule has 0 amide bonds. The zero-order valence-corrected chi connectivity index (χ0v) is 12.1. The van der Waals surface area contributed by atoms with Gasteiger partial charge in [0, 0.05) is 0 Å². The molecule has 3 aromatic rings. The van der Waals surface area contributed by atoms with Gasteiger partial charge in [0.2, 0.25) is 5.16 Å². The Morgan fingerprint density at radius 1 is 1.00 bits per heavy atom. The lowest BCUT2D eigenvalue weighted by Crippen LogP contribution is -1.98. The second-order valence-corrected chi connectivity index (χ2v) is 5.39. The highest BCUT2D eigenvalue weighted by atomic mass is 35.5. The molecule has 0 unspecified atom stereocenters. The predicted molar refractivity (Wildman–Crippen MR) is 75.3 cm³/mol. The fourth-order valence-electron chi connectivity index (χ4n) is 1.48. The molecule has 0 aliphatic rings. The van der Waals surface area contributed by atoms with Gasteiger partial charge in [-0.05, 0) is 40.4 Å². The molecule has 0 saturated carbocycles. The Morgan fingerprint density at radius 2 is 1.80 bits per heavy atom. The van der Waals surface area contributed by atoms with Crippen LogP contribution in [0.25, 0.3) is 5.69 Å². The van der Waals surface area contributed by atoms with Gasteiger partial charge in [-0.2, -0.15) is 4.68 Å². The van der Waals surface area contributed by atoms with Crippen LogP contribution in [0.2, 0.25) is 10.3 Å². The van der Waals surface area contributed by atoms with Crippen LogP contribution in [-0.2, 0) is 0 Å². The van der Waals surface area contributed by atoms with Gasteiger partial charge in [-0.1, -0.05) is 41.4 Å². The second kappa shape index (κ2) is 5.74. The van der Waals surface area contributed by atoms with Gasteiger partial charge in [-0.3, -0.25) is 0 Å². The molecule has 1 aromatic carbocycles. The van der Waals surface area contributed by atoms with Gasteiger partial charge in [0.1, 0.15) is 0 Å². The van der Waals surface area contributed by atoms with E-state index in [1.165, 1.54) is 11.8 Å². The lowest BCUT2D eigenvalue weighted by molar-refractivity contribution is 0.756. The summed E-state index contributed by atoms with van der Waals surface area (Å²) in [5.74, 6) is 0. The second-order valence-electron chi connectivity index (χ2n) is 3.63. The number of rotatable bonds is 3. The number of aromatic nitrogens is 6. The fourth-order valence-corrected chi connectivity index (χ4v) is 2.70. The molecule has 0 aliphatic heterocycles. The SMILES string of the molecule is Clc1cc(Sc2nnnn2-c2ccccc2)c(Cl)nn1. The minimum Gasteiger partial charge on any atom is -0.187 e. The van der Waals surface area contributed by atoms with Gasteiger partial charge >= 0.3 is 0 Å². The number of hydrogen-bond donors (Lipinski definition) is 0.